The van der Waals surface area contributed by atoms with Gasteiger partial charge in [-0.25, -0.2) is 9.18 Å². The minimum atomic E-state index is -0.283. The van der Waals surface area contributed by atoms with Gasteiger partial charge in [0, 0.05) is 19.6 Å². The van der Waals surface area contributed by atoms with Gasteiger partial charge in [0.05, 0.1) is 18.8 Å². The van der Waals surface area contributed by atoms with E-state index in [0.717, 1.165) is 18.7 Å². The number of carbonyl (C=O) groups excluding carboxylic acids is 1. The van der Waals surface area contributed by atoms with E-state index >= 15 is 0 Å². The number of likely N-dealkylation sites (N-methyl/N-ethyl adjacent to an activating group) is 1. The Bertz CT molecular complexity index is 466. The standard InChI is InChI=1S/C15H22FN3O2/c1-11(12-3-5-13(16)6-4-12)18-15(20)17-9-14-10-19(2)7-8-21-14/h3-6,11,14H,7-10H2,1-2H3,(H2,17,18,20)/t11-,14?/m1/s1. The van der Waals surface area contributed by atoms with Gasteiger partial charge in [-0.15, -0.1) is 0 Å². The van der Waals surface area contributed by atoms with Gasteiger partial charge in [0.25, 0.3) is 0 Å². The van der Waals surface area contributed by atoms with E-state index in [1.165, 1.54) is 12.1 Å². The van der Waals surface area contributed by atoms with E-state index in [1.54, 1.807) is 12.1 Å². The summed E-state index contributed by atoms with van der Waals surface area (Å²) in [6, 6.07) is 5.68. The van der Waals surface area contributed by atoms with E-state index in [1.807, 2.05) is 14.0 Å². The third kappa shape index (κ3) is 4.99. The van der Waals surface area contributed by atoms with Gasteiger partial charge < -0.3 is 20.3 Å². The van der Waals surface area contributed by atoms with Crippen LogP contribution in [0.1, 0.15) is 18.5 Å². The SMILES string of the molecule is C[C@@H](NC(=O)NCC1CN(C)CCO1)c1ccc(F)cc1. The minimum absolute atomic E-state index is 0.0237. The van der Waals surface area contributed by atoms with Crippen molar-refractivity contribution < 1.29 is 13.9 Å². The lowest BCUT2D eigenvalue weighted by molar-refractivity contribution is -0.0168. The highest BCUT2D eigenvalue weighted by Crippen LogP contribution is 2.12. The first kappa shape index (κ1) is 15.7. The number of benzene rings is 1. The number of hydrogen-bond acceptors (Lipinski definition) is 3. The van der Waals surface area contributed by atoms with E-state index in [-0.39, 0.29) is 24.0 Å². The molecule has 1 aromatic carbocycles. The summed E-state index contributed by atoms with van der Waals surface area (Å²) in [6.07, 6.45) is 0.0237. The predicted molar refractivity (Wildman–Crippen MR) is 78.6 cm³/mol. The number of nitrogens with one attached hydrogen (secondary N) is 2. The van der Waals surface area contributed by atoms with Crippen LogP contribution < -0.4 is 10.6 Å². The molecule has 2 N–H and O–H groups in total. The number of morpholine rings is 1. The third-order valence-electron chi connectivity index (χ3n) is 3.55. The zero-order valence-electron chi connectivity index (χ0n) is 12.4. The summed E-state index contributed by atoms with van der Waals surface area (Å²) in [5.74, 6) is -0.283. The Morgan fingerprint density at radius 2 is 2.19 bits per heavy atom. The van der Waals surface area contributed by atoms with Gasteiger partial charge in [0.2, 0.25) is 0 Å². The summed E-state index contributed by atoms with van der Waals surface area (Å²) < 4.78 is 18.4. The Morgan fingerprint density at radius 1 is 1.48 bits per heavy atom. The van der Waals surface area contributed by atoms with Crippen LogP contribution in [-0.2, 0) is 4.74 Å². The van der Waals surface area contributed by atoms with E-state index < -0.39 is 0 Å². The van der Waals surface area contributed by atoms with E-state index in [4.69, 9.17) is 4.74 Å². The average Bonchev–Trinajstić information content (AvgIpc) is 2.46. The van der Waals surface area contributed by atoms with Gasteiger partial charge in [-0.05, 0) is 31.7 Å². The van der Waals surface area contributed by atoms with Crippen molar-refractivity contribution in [3.8, 4) is 0 Å². The van der Waals surface area contributed by atoms with Gasteiger partial charge in [-0.3, -0.25) is 0 Å². The highest BCUT2D eigenvalue weighted by Gasteiger charge is 2.18. The average molecular weight is 295 g/mol. The summed E-state index contributed by atoms with van der Waals surface area (Å²) in [5, 5.41) is 5.63. The maximum Gasteiger partial charge on any atom is 0.315 e. The monoisotopic (exact) mass is 295 g/mol. The lowest BCUT2D eigenvalue weighted by Gasteiger charge is -2.30. The summed E-state index contributed by atoms with van der Waals surface area (Å²) in [6.45, 7) is 4.76. The lowest BCUT2D eigenvalue weighted by atomic mass is 10.1. The van der Waals surface area contributed by atoms with E-state index in [2.05, 4.69) is 15.5 Å². The molecule has 2 amide bonds. The molecular formula is C15H22FN3O2. The molecule has 2 rings (SSSR count). The molecular weight excluding hydrogens is 273 g/mol. The number of rotatable bonds is 4. The van der Waals surface area contributed by atoms with Crippen molar-refractivity contribution in [3.63, 3.8) is 0 Å². The minimum Gasteiger partial charge on any atom is -0.374 e. The fourth-order valence-corrected chi connectivity index (χ4v) is 2.28. The number of carbonyl (C=O) groups is 1. The van der Waals surface area contributed by atoms with Crippen molar-refractivity contribution in [1.29, 1.82) is 0 Å². The molecule has 1 fully saturated rings. The molecule has 0 spiro atoms. The van der Waals surface area contributed by atoms with Gasteiger partial charge >= 0.3 is 6.03 Å². The molecule has 1 aliphatic rings. The molecule has 2 atom stereocenters. The first-order chi connectivity index (χ1) is 10.0. The number of ether oxygens (including phenoxy) is 1. The lowest BCUT2D eigenvalue weighted by Crippen LogP contribution is -2.48. The second kappa shape index (κ2) is 7.38. The Balaban J connectivity index is 1.74. The van der Waals surface area contributed by atoms with Crippen LogP contribution in [0.4, 0.5) is 9.18 Å². The zero-order chi connectivity index (χ0) is 15.2. The van der Waals surface area contributed by atoms with Crippen LogP contribution in [0.5, 0.6) is 0 Å². The van der Waals surface area contributed by atoms with Crippen LogP contribution in [0.3, 0.4) is 0 Å². The van der Waals surface area contributed by atoms with Gasteiger partial charge in [0.1, 0.15) is 5.82 Å². The Kier molecular flexibility index (Phi) is 5.52. The predicted octanol–water partition coefficient (Wildman–Crippen LogP) is 1.52. The quantitative estimate of drug-likeness (QED) is 0.885. The zero-order valence-corrected chi connectivity index (χ0v) is 12.4. The van der Waals surface area contributed by atoms with Gasteiger partial charge in [-0.2, -0.15) is 0 Å². The summed E-state index contributed by atoms with van der Waals surface area (Å²) in [5.41, 5.74) is 0.861. The van der Waals surface area contributed by atoms with E-state index in [0.29, 0.717) is 13.2 Å². The normalized spacial score (nSPS) is 20.8. The molecule has 1 unspecified atom stereocenters. The number of amides is 2. The Labute approximate surface area is 124 Å². The molecule has 0 aromatic heterocycles. The van der Waals surface area contributed by atoms with Crippen LogP contribution in [0.25, 0.3) is 0 Å². The van der Waals surface area contributed by atoms with Crippen molar-refractivity contribution in [2.24, 2.45) is 0 Å². The summed E-state index contributed by atoms with van der Waals surface area (Å²) in [7, 11) is 2.03. The fraction of sp³-hybridized carbons (Fsp3) is 0.533. The van der Waals surface area contributed by atoms with Gasteiger partial charge in [-0.1, -0.05) is 12.1 Å². The van der Waals surface area contributed by atoms with Crippen molar-refractivity contribution in [2.75, 3.05) is 33.3 Å². The maximum absolute atomic E-state index is 12.9. The third-order valence-corrected chi connectivity index (χ3v) is 3.55. The number of halogens is 1. The molecule has 1 saturated heterocycles. The number of nitrogens with zero attached hydrogens (tertiary/aromatic N) is 1. The first-order valence-electron chi connectivity index (χ1n) is 7.14. The molecule has 0 saturated carbocycles. The molecule has 1 aromatic rings. The molecule has 0 bridgehead atoms. The molecule has 5 nitrogen and oxygen atoms in total. The Morgan fingerprint density at radius 3 is 2.86 bits per heavy atom. The second-order valence-electron chi connectivity index (χ2n) is 5.38. The van der Waals surface area contributed by atoms with Crippen LogP contribution in [0, 0.1) is 5.82 Å². The van der Waals surface area contributed by atoms with Crippen molar-refractivity contribution in [2.45, 2.75) is 19.1 Å². The van der Waals surface area contributed by atoms with Crippen molar-refractivity contribution in [3.05, 3.63) is 35.6 Å². The van der Waals surface area contributed by atoms with Crippen molar-refractivity contribution >= 4 is 6.03 Å². The van der Waals surface area contributed by atoms with Crippen LogP contribution in [0.15, 0.2) is 24.3 Å². The largest absolute Gasteiger partial charge is 0.374 e. The number of urea groups is 1. The first-order valence-corrected chi connectivity index (χ1v) is 7.14. The smallest absolute Gasteiger partial charge is 0.315 e. The highest BCUT2D eigenvalue weighted by molar-refractivity contribution is 5.74. The summed E-state index contributed by atoms with van der Waals surface area (Å²) >= 11 is 0. The van der Waals surface area contributed by atoms with Crippen LogP contribution in [-0.4, -0.2) is 50.3 Å². The Hall–Kier alpha value is -1.66. The second-order valence-corrected chi connectivity index (χ2v) is 5.38. The van der Waals surface area contributed by atoms with Crippen molar-refractivity contribution in [1.82, 2.24) is 15.5 Å². The molecule has 6 heteroatoms. The molecule has 116 valence electrons. The molecule has 21 heavy (non-hydrogen) atoms. The highest BCUT2D eigenvalue weighted by atomic mass is 19.1. The van der Waals surface area contributed by atoms with Crippen LogP contribution in [0.2, 0.25) is 0 Å². The van der Waals surface area contributed by atoms with Crippen LogP contribution >= 0.6 is 0 Å². The molecule has 1 aliphatic heterocycles. The molecule has 0 radical (unpaired) electrons. The maximum atomic E-state index is 12.9. The summed E-state index contributed by atoms with van der Waals surface area (Å²) in [4.78, 5) is 14.0. The number of hydrogen-bond donors (Lipinski definition) is 2. The van der Waals surface area contributed by atoms with Gasteiger partial charge in [0.15, 0.2) is 0 Å². The van der Waals surface area contributed by atoms with E-state index in [9.17, 15) is 9.18 Å². The topological polar surface area (TPSA) is 53.6 Å². The molecule has 0 aliphatic carbocycles. The molecule has 1 heterocycles. The fourth-order valence-electron chi connectivity index (χ4n) is 2.28.